The monoisotopic (exact) mass is 481 g/mol. The number of amidine groups is 1. The fourth-order valence-electron chi connectivity index (χ4n) is 3.95. The molecule has 1 unspecified atom stereocenters. The molecule has 0 saturated heterocycles. The maximum Gasteiger partial charge on any atom is 0.258 e. The second-order valence-electron chi connectivity index (χ2n) is 8.04. The Morgan fingerprint density at radius 1 is 1.32 bits per heavy atom. The van der Waals surface area contributed by atoms with Crippen molar-refractivity contribution in [3.8, 4) is 11.6 Å². The number of nitrogens with one attached hydrogen (secondary N) is 3. The van der Waals surface area contributed by atoms with Crippen LogP contribution in [0.3, 0.4) is 0 Å². The van der Waals surface area contributed by atoms with Gasteiger partial charge in [-0.05, 0) is 47.8 Å². The zero-order valence-corrected chi connectivity index (χ0v) is 19.8. The standard InChI is InChI=1S/C24H27N5O4S/c1-14-13-29(19-12-17(33-2)7-8-18(14)19)24(32)15-5-3-6-16(11-15)27-23-20(22(31)28-34-23)21(25)26-9-4-10-30/h3,5-8,11-12,14,27,30H,4,9-10,13H2,1-2H3,(H2,25,26)(H,28,31). The summed E-state index contributed by atoms with van der Waals surface area (Å²) in [6, 6.07) is 12.9. The molecule has 1 atom stereocenters. The van der Waals surface area contributed by atoms with Crippen molar-refractivity contribution in [3.63, 3.8) is 0 Å². The van der Waals surface area contributed by atoms with Gasteiger partial charge in [0, 0.05) is 42.9 Å². The van der Waals surface area contributed by atoms with E-state index in [-0.39, 0.29) is 35.7 Å². The second-order valence-corrected chi connectivity index (χ2v) is 8.81. The van der Waals surface area contributed by atoms with E-state index < -0.39 is 0 Å². The van der Waals surface area contributed by atoms with Crippen LogP contribution in [-0.4, -0.2) is 53.1 Å². The van der Waals surface area contributed by atoms with Crippen molar-refractivity contribution in [2.45, 2.75) is 19.3 Å². The van der Waals surface area contributed by atoms with E-state index in [9.17, 15) is 9.90 Å². The first kappa shape index (κ1) is 23.5. The molecule has 5 N–H and O–H groups in total. The van der Waals surface area contributed by atoms with E-state index in [0.717, 1.165) is 22.8 Å². The Bertz CT molecular complexity index is 1210. The highest BCUT2D eigenvalue weighted by Gasteiger charge is 2.31. The van der Waals surface area contributed by atoms with Crippen LogP contribution in [0.2, 0.25) is 0 Å². The largest absolute Gasteiger partial charge is 0.497 e. The molecule has 34 heavy (non-hydrogen) atoms. The summed E-state index contributed by atoms with van der Waals surface area (Å²) < 4.78 is 9.30. The van der Waals surface area contributed by atoms with E-state index >= 15 is 0 Å². The Balaban J connectivity index is 1.56. The number of aromatic nitrogens is 1. The van der Waals surface area contributed by atoms with Crippen molar-refractivity contribution < 1.29 is 19.7 Å². The van der Waals surface area contributed by atoms with Gasteiger partial charge in [0.05, 0.1) is 12.8 Å². The summed E-state index contributed by atoms with van der Waals surface area (Å²) in [6.07, 6.45) is 0.484. The highest BCUT2D eigenvalue weighted by molar-refractivity contribution is 7.11. The number of fused-ring (bicyclic) bond motifs is 1. The third kappa shape index (κ3) is 4.68. The number of benzene rings is 2. The lowest BCUT2D eigenvalue weighted by atomic mass is 10.0. The summed E-state index contributed by atoms with van der Waals surface area (Å²) >= 11 is 1.02. The average molecular weight is 482 g/mol. The van der Waals surface area contributed by atoms with Crippen LogP contribution >= 0.6 is 11.5 Å². The quantitative estimate of drug-likeness (QED) is 0.188. The third-order valence-corrected chi connectivity index (χ3v) is 6.44. The molecular weight excluding hydrogens is 454 g/mol. The normalized spacial score (nSPS) is 14.6. The molecule has 2 heterocycles. The van der Waals surface area contributed by atoms with Crippen LogP contribution < -0.4 is 20.3 Å². The van der Waals surface area contributed by atoms with E-state index in [1.807, 2.05) is 24.3 Å². The van der Waals surface area contributed by atoms with Gasteiger partial charge in [-0.25, -0.2) is 0 Å². The predicted octanol–water partition coefficient (Wildman–Crippen LogP) is 3.66. The van der Waals surface area contributed by atoms with Gasteiger partial charge in [-0.3, -0.25) is 10.2 Å². The summed E-state index contributed by atoms with van der Waals surface area (Å²) in [5, 5.41) is 33.8. The molecule has 0 aliphatic carbocycles. The Morgan fingerprint density at radius 2 is 2.15 bits per heavy atom. The van der Waals surface area contributed by atoms with Gasteiger partial charge < -0.3 is 30.5 Å². The number of hydrogen-bond acceptors (Lipinski definition) is 8. The highest BCUT2D eigenvalue weighted by atomic mass is 32.1. The molecule has 0 spiro atoms. The minimum absolute atomic E-state index is 0.00559. The molecule has 1 aromatic heterocycles. The van der Waals surface area contributed by atoms with Gasteiger partial charge in [-0.1, -0.05) is 19.1 Å². The number of ether oxygens (including phenoxy) is 1. The maximum absolute atomic E-state index is 13.4. The van der Waals surface area contributed by atoms with E-state index in [2.05, 4.69) is 21.9 Å². The number of carbonyl (C=O) groups is 1. The Kier molecular flexibility index (Phi) is 6.99. The molecular formula is C24H27N5O4S. The fourth-order valence-corrected chi connectivity index (χ4v) is 4.67. The highest BCUT2D eigenvalue weighted by Crippen LogP contribution is 2.39. The number of aromatic hydroxyl groups is 1. The Labute approximate surface area is 201 Å². The zero-order valence-electron chi connectivity index (χ0n) is 19.0. The molecule has 178 valence electrons. The molecule has 1 aliphatic rings. The number of hydrogen-bond donors (Lipinski definition) is 5. The van der Waals surface area contributed by atoms with E-state index in [4.69, 9.17) is 15.3 Å². The fraction of sp³-hybridized carbons (Fsp3) is 0.292. The summed E-state index contributed by atoms with van der Waals surface area (Å²) in [5.41, 5.74) is 3.36. The van der Waals surface area contributed by atoms with E-state index in [0.29, 0.717) is 41.5 Å². The number of carbonyl (C=O) groups excluding carboxylic acids is 1. The molecule has 0 radical (unpaired) electrons. The van der Waals surface area contributed by atoms with Crippen LogP contribution in [0.1, 0.15) is 40.7 Å². The minimum Gasteiger partial charge on any atom is -0.497 e. The zero-order chi connectivity index (χ0) is 24.2. The molecule has 2 aromatic carbocycles. The van der Waals surface area contributed by atoms with Crippen LogP contribution in [0.25, 0.3) is 0 Å². The first-order valence-corrected chi connectivity index (χ1v) is 11.7. The lowest BCUT2D eigenvalue weighted by molar-refractivity contribution is 0.0988. The molecule has 1 amide bonds. The van der Waals surface area contributed by atoms with Crippen molar-refractivity contribution >= 4 is 39.7 Å². The molecule has 3 aromatic rings. The summed E-state index contributed by atoms with van der Waals surface area (Å²) in [6.45, 7) is 3.09. The van der Waals surface area contributed by atoms with Gasteiger partial charge in [-0.15, -0.1) is 0 Å². The first-order chi connectivity index (χ1) is 16.4. The molecule has 0 saturated carbocycles. The van der Waals surface area contributed by atoms with Gasteiger partial charge >= 0.3 is 0 Å². The number of amides is 1. The SMILES string of the molecule is COc1ccc2c(c1)N(C(=O)c1cccc(Nc3snc(O)c3C(=N)NCCCO)c1)CC2C. The maximum atomic E-state index is 13.4. The molecule has 1 aliphatic heterocycles. The molecule has 0 bridgehead atoms. The minimum atomic E-state index is -0.252. The number of rotatable bonds is 8. The van der Waals surface area contributed by atoms with Crippen molar-refractivity contribution in [2.75, 3.05) is 37.0 Å². The van der Waals surface area contributed by atoms with Crippen LogP contribution in [0.15, 0.2) is 42.5 Å². The third-order valence-electron chi connectivity index (χ3n) is 5.69. The van der Waals surface area contributed by atoms with Crippen molar-refractivity contribution in [1.29, 1.82) is 5.41 Å². The smallest absolute Gasteiger partial charge is 0.258 e. The average Bonchev–Trinajstić information content (AvgIpc) is 3.37. The van der Waals surface area contributed by atoms with Gasteiger partial charge in [0.25, 0.3) is 5.91 Å². The molecule has 0 fully saturated rings. The summed E-state index contributed by atoms with van der Waals surface area (Å²) in [4.78, 5) is 15.2. The van der Waals surface area contributed by atoms with E-state index in [1.54, 1.807) is 30.2 Å². The predicted molar refractivity (Wildman–Crippen MR) is 133 cm³/mol. The van der Waals surface area contributed by atoms with Gasteiger partial charge in [0.15, 0.2) is 0 Å². The summed E-state index contributed by atoms with van der Waals surface area (Å²) in [5.74, 6) is 0.559. The van der Waals surface area contributed by atoms with Crippen LogP contribution in [0.4, 0.5) is 16.4 Å². The van der Waals surface area contributed by atoms with Crippen LogP contribution in [-0.2, 0) is 0 Å². The number of aliphatic hydroxyl groups is 1. The summed E-state index contributed by atoms with van der Waals surface area (Å²) in [7, 11) is 1.61. The van der Waals surface area contributed by atoms with Crippen molar-refractivity contribution in [1.82, 2.24) is 9.69 Å². The molecule has 10 heteroatoms. The van der Waals surface area contributed by atoms with Crippen molar-refractivity contribution in [3.05, 3.63) is 59.2 Å². The molecule has 4 rings (SSSR count). The number of aliphatic hydroxyl groups excluding tert-OH is 1. The Morgan fingerprint density at radius 3 is 2.91 bits per heavy atom. The number of methoxy groups -OCH3 is 1. The Hall–Kier alpha value is -3.63. The van der Waals surface area contributed by atoms with Crippen molar-refractivity contribution in [2.24, 2.45) is 0 Å². The number of nitrogens with zero attached hydrogens (tertiary/aromatic N) is 2. The van der Waals surface area contributed by atoms with Gasteiger partial charge in [-0.2, -0.15) is 4.37 Å². The van der Waals surface area contributed by atoms with Crippen LogP contribution in [0, 0.1) is 5.41 Å². The van der Waals surface area contributed by atoms with Gasteiger partial charge in [0.1, 0.15) is 22.1 Å². The lowest BCUT2D eigenvalue weighted by Gasteiger charge is -2.19. The topological polar surface area (TPSA) is 131 Å². The van der Waals surface area contributed by atoms with Crippen LogP contribution in [0.5, 0.6) is 11.6 Å². The second kappa shape index (κ2) is 10.1. The lowest BCUT2D eigenvalue weighted by Crippen LogP contribution is -2.29. The first-order valence-electron chi connectivity index (χ1n) is 10.9. The molecule has 9 nitrogen and oxygen atoms in total. The van der Waals surface area contributed by atoms with Gasteiger partial charge in [0.2, 0.25) is 5.88 Å². The van der Waals surface area contributed by atoms with E-state index in [1.165, 1.54) is 0 Å². The number of anilines is 3.